The number of benzene rings is 2. The predicted octanol–water partition coefficient (Wildman–Crippen LogP) is 5.14. The fraction of sp³-hybridized carbons (Fsp3) is 0.280. The Hall–Kier alpha value is -4.54. The Morgan fingerprint density at radius 1 is 1.00 bits per heavy atom. The van der Waals surface area contributed by atoms with Gasteiger partial charge in [0, 0.05) is 53.1 Å². The summed E-state index contributed by atoms with van der Waals surface area (Å²) in [7, 11) is 0. The second-order valence-electron chi connectivity index (χ2n) is 8.69. The second-order valence-corrected chi connectivity index (χ2v) is 8.69. The Balaban J connectivity index is 1.41. The lowest BCUT2D eigenvalue weighted by Gasteiger charge is -2.21. The summed E-state index contributed by atoms with van der Waals surface area (Å²) in [5.41, 5.74) is 6.67. The average Bonchev–Trinajstić information content (AvgIpc) is 3.03. The molecule has 184 valence electrons. The molecular formula is C25H27N9O2. The number of rotatable bonds is 7. The molecule has 2 aromatic heterocycles. The molecule has 0 radical (unpaired) electrons. The highest BCUT2D eigenvalue weighted by atomic mass is 16.6. The van der Waals surface area contributed by atoms with Crippen LogP contribution in [0, 0.1) is 17.0 Å². The molecule has 0 saturated carbocycles. The second kappa shape index (κ2) is 10.4. The Morgan fingerprint density at radius 3 is 2.47 bits per heavy atom. The number of nitrogens with zero attached hydrogens (tertiary/aromatic N) is 6. The summed E-state index contributed by atoms with van der Waals surface area (Å²) in [6.45, 7) is 3.75. The van der Waals surface area contributed by atoms with Crippen LogP contribution in [-0.2, 0) is 0 Å². The van der Waals surface area contributed by atoms with E-state index in [2.05, 4.69) is 40.7 Å². The fourth-order valence-electron chi connectivity index (χ4n) is 4.30. The van der Waals surface area contributed by atoms with Crippen LogP contribution in [0.25, 0.3) is 10.9 Å². The Kier molecular flexibility index (Phi) is 6.69. The molecule has 2 aromatic carbocycles. The summed E-state index contributed by atoms with van der Waals surface area (Å²) in [6.07, 6.45) is 6.30. The van der Waals surface area contributed by atoms with Gasteiger partial charge in [0.2, 0.25) is 17.8 Å². The molecule has 3 N–H and O–H groups in total. The van der Waals surface area contributed by atoms with Crippen molar-refractivity contribution in [2.24, 2.45) is 5.10 Å². The lowest BCUT2D eigenvalue weighted by atomic mass is 10.1. The molecule has 0 bridgehead atoms. The summed E-state index contributed by atoms with van der Waals surface area (Å²) < 4.78 is 0. The van der Waals surface area contributed by atoms with Crippen LogP contribution in [0.5, 0.6) is 0 Å². The van der Waals surface area contributed by atoms with E-state index in [0.29, 0.717) is 23.5 Å². The van der Waals surface area contributed by atoms with E-state index < -0.39 is 4.92 Å². The summed E-state index contributed by atoms with van der Waals surface area (Å²) in [5, 5.41) is 19.6. The largest absolute Gasteiger partial charge is 0.358 e. The maximum Gasteiger partial charge on any atom is 0.269 e. The molecule has 0 spiro atoms. The van der Waals surface area contributed by atoms with Gasteiger partial charge in [0.05, 0.1) is 11.1 Å². The van der Waals surface area contributed by atoms with Crippen molar-refractivity contribution in [1.82, 2.24) is 19.9 Å². The number of aromatic amines is 1. The number of fused-ring (bicyclic) bond motifs is 1. The van der Waals surface area contributed by atoms with Gasteiger partial charge in [-0.25, -0.2) is 5.43 Å². The van der Waals surface area contributed by atoms with Crippen molar-refractivity contribution in [3.63, 3.8) is 0 Å². The van der Waals surface area contributed by atoms with E-state index in [4.69, 9.17) is 0 Å². The molecule has 4 aromatic rings. The number of aryl methyl sites for hydroxylation is 1. The number of hydrogen-bond acceptors (Lipinski definition) is 9. The standard InChI is InChI=1S/C25H27N9O2/c1-17-21(20-8-4-5-9-22(20)27-17)16-26-32-24-29-23(28-18-10-12-19(13-11-18)34(35)36)30-25(31-24)33-14-6-2-3-7-15-33/h4-5,8-13,16,27H,2-3,6-7,14-15H2,1H3,(H2,28,29,30,31,32). The lowest BCUT2D eigenvalue weighted by molar-refractivity contribution is -0.384. The molecule has 1 fully saturated rings. The van der Waals surface area contributed by atoms with Gasteiger partial charge in [-0.15, -0.1) is 0 Å². The van der Waals surface area contributed by atoms with Crippen LogP contribution in [0.4, 0.5) is 29.2 Å². The first-order chi connectivity index (χ1) is 17.6. The first-order valence-electron chi connectivity index (χ1n) is 12.0. The van der Waals surface area contributed by atoms with Crippen molar-refractivity contribution in [3.8, 4) is 0 Å². The number of hydrogen-bond donors (Lipinski definition) is 3. The maximum atomic E-state index is 11.0. The van der Waals surface area contributed by atoms with E-state index in [0.717, 1.165) is 48.1 Å². The molecule has 0 amide bonds. The van der Waals surface area contributed by atoms with E-state index in [-0.39, 0.29) is 5.69 Å². The molecule has 1 aliphatic rings. The summed E-state index contributed by atoms with van der Waals surface area (Å²) in [5.74, 6) is 1.21. The van der Waals surface area contributed by atoms with Gasteiger partial charge in [0.25, 0.3) is 5.69 Å². The minimum Gasteiger partial charge on any atom is -0.358 e. The normalized spacial score (nSPS) is 14.2. The number of nitro groups is 1. The average molecular weight is 486 g/mol. The Labute approximate surface area is 207 Å². The van der Waals surface area contributed by atoms with Crippen molar-refractivity contribution < 1.29 is 4.92 Å². The van der Waals surface area contributed by atoms with Crippen LogP contribution in [0.1, 0.15) is 36.9 Å². The van der Waals surface area contributed by atoms with Crippen LogP contribution in [0.2, 0.25) is 0 Å². The SMILES string of the molecule is Cc1[nH]c2ccccc2c1C=NNc1nc(Nc2ccc([N+](=O)[O-])cc2)nc(N2CCCCCC2)n1. The maximum absolute atomic E-state index is 11.0. The monoisotopic (exact) mass is 485 g/mol. The first-order valence-corrected chi connectivity index (χ1v) is 12.0. The molecule has 5 rings (SSSR count). The number of nitro benzene ring substituents is 1. The number of anilines is 4. The number of para-hydroxylation sites is 1. The smallest absolute Gasteiger partial charge is 0.269 e. The Bertz CT molecular complexity index is 1390. The fourth-order valence-corrected chi connectivity index (χ4v) is 4.30. The highest BCUT2D eigenvalue weighted by Gasteiger charge is 2.16. The van der Waals surface area contributed by atoms with E-state index >= 15 is 0 Å². The van der Waals surface area contributed by atoms with Crippen LogP contribution in [-0.4, -0.2) is 44.2 Å². The molecule has 1 saturated heterocycles. The molecule has 0 aliphatic carbocycles. The quantitative estimate of drug-likeness (QED) is 0.186. The molecule has 11 heteroatoms. The summed E-state index contributed by atoms with van der Waals surface area (Å²) in [4.78, 5) is 29.8. The van der Waals surface area contributed by atoms with E-state index in [1.807, 2.05) is 31.2 Å². The predicted molar refractivity (Wildman–Crippen MR) is 141 cm³/mol. The van der Waals surface area contributed by atoms with Crippen molar-refractivity contribution in [2.75, 3.05) is 28.7 Å². The van der Waals surface area contributed by atoms with Crippen molar-refractivity contribution in [3.05, 3.63) is 69.9 Å². The minimum atomic E-state index is -0.431. The Morgan fingerprint density at radius 2 is 1.72 bits per heavy atom. The van der Waals surface area contributed by atoms with Gasteiger partial charge in [0.1, 0.15) is 0 Å². The zero-order valence-electron chi connectivity index (χ0n) is 19.9. The molecule has 36 heavy (non-hydrogen) atoms. The first kappa shape index (κ1) is 23.2. The molecular weight excluding hydrogens is 458 g/mol. The zero-order chi connectivity index (χ0) is 24.9. The van der Waals surface area contributed by atoms with Crippen molar-refractivity contribution in [1.29, 1.82) is 0 Å². The molecule has 1 aliphatic heterocycles. The van der Waals surface area contributed by atoms with Gasteiger partial charge in [-0.2, -0.15) is 20.1 Å². The van der Waals surface area contributed by atoms with Gasteiger partial charge in [-0.05, 0) is 38.0 Å². The number of aromatic nitrogens is 4. The minimum absolute atomic E-state index is 0.0192. The van der Waals surface area contributed by atoms with Crippen molar-refractivity contribution in [2.45, 2.75) is 32.6 Å². The number of H-pyrrole nitrogens is 1. The number of hydrazone groups is 1. The van der Waals surface area contributed by atoms with Crippen LogP contribution in [0.15, 0.2) is 53.6 Å². The number of non-ortho nitro benzene ring substituents is 1. The van der Waals surface area contributed by atoms with E-state index in [9.17, 15) is 10.1 Å². The van der Waals surface area contributed by atoms with Crippen molar-refractivity contribution >= 4 is 46.3 Å². The topological polar surface area (TPSA) is 137 Å². The molecule has 0 atom stereocenters. The number of nitrogens with one attached hydrogen (secondary N) is 3. The highest BCUT2D eigenvalue weighted by Crippen LogP contribution is 2.23. The third-order valence-corrected chi connectivity index (χ3v) is 6.15. The molecule has 0 unspecified atom stereocenters. The molecule has 3 heterocycles. The summed E-state index contributed by atoms with van der Waals surface area (Å²) >= 11 is 0. The zero-order valence-corrected chi connectivity index (χ0v) is 19.9. The van der Waals surface area contributed by atoms with Crippen LogP contribution >= 0.6 is 0 Å². The van der Waals surface area contributed by atoms with Gasteiger partial charge in [-0.3, -0.25) is 10.1 Å². The summed E-state index contributed by atoms with van der Waals surface area (Å²) in [6, 6.07) is 14.2. The lowest BCUT2D eigenvalue weighted by Crippen LogP contribution is -2.26. The van der Waals surface area contributed by atoms with E-state index in [1.54, 1.807) is 18.3 Å². The van der Waals surface area contributed by atoms with Gasteiger partial charge in [-0.1, -0.05) is 31.0 Å². The highest BCUT2D eigenvalue weighted by molar-refractivity contribution is 6.00. The third kappa shape index (κ3) is 5.24. The van der Waals surface area contributed by atoms with Gasteiger partial charge in [0.15, 0.2) is 0 Å². The van der Waals surface area contributed by atoms with Gasteiger partial charge >= 0.3 is 0 Å². The van der Waals surface area contributed by atoms with Gasteiger partial charge < -0.3 is 15.2 Å². The third-order valence-electron chi connectivity index (χ3n) is 6.15. The molecule has 11 nitrogen and oxygen atoms in total. The van der Waals surface area contributed by atoms with E-state index in [1.165, 1.54) is 25.0 Å². The van der Waals surface area contributed by atoms with Crippen LogP contribution < -0.4 is 15.6 Å². The van der Waals surface area contributed by atoms with Crippen LogP contribution in [0.3, 0.4) is 0 Å².